The van der Waals surface area contributed by atoms with Gasteiger partial charge in [0.25, 0.3) is 6.43 Å². The van der Waals surface area contributed by atoms with Crippen molar-refractivity contribution >= 4 is 5.69 Å². The molecule has 16 heavy (non-hydrogen) atoms. The lowest BCUT2D eigenvalue weighted by atomic mass is 10.1. The third-order valence-electron chi connectivity index (χ3n) is 2.67. The molecule has 1 atom stereocenters. The third-order valence-corrected chi connectivity index (χ3v) is 2.67. The highest BCUT2D eigenvalue weighted by atomic mass is 19.3. The molecular weight excluding hydrogens is 212 g/mol. The molecule has 0 aromatic heterocycles. The van der Waals surface area contributed by atoms with Gasteiger partial charge in [0.05, 0.1) is 6.61 Å². The first-order valence-electron chi connectivity index (χ1n) is 5.48. The Morgan fingerprint density at radius 3 is 2.94 bits per heavy atom. The number of alkyl halides is 2. The van der Waals surface area contributed by atoms with Crippen molar-refractivity contribution in [2.24, 2.45) is 0 Å². The quantitative estimate of drug-likeness (QED) is 0.856. The Labute approximate surface area is 93.6 Å². The van der Waals surface area contributed by atoms with Crippen LogP contribution in [-0.4, -0.2) is 19.3 Å². The summed E-state index contributed by atoms with van der Waals surface area (Å²) < 4.78 is 30.3. The molecule has 1 aromatic carbocycles. The summed E-state index contributed by atoms with van der Waals surface area (Å²) in [5, 5.41) is 3.22. The molecule has 0 aliphatic carbocycles. The van der Waals surface area contributed by atoms with Crippen LogP contribution in [0.4, 0.5) is 14.5 Å². The van der Waals surface area contributed by atoms with Crippen molar-refractivity contribution in [3.05, 3.63) is 29.8 Å². The van der Waals surface area contributed by atoms with E-state index in [2.05, 4.69) is 5.32 Å². The molecule has 1 heterocycles. The van der Waals surface area contributed by atoms with Gasteiger partial charge in [-0.25, -0.2) is 8.78 Å². The molecule has 2 nitrogen and oxygen atoms in total. The van der Waals surface area contributed by atoms with Gasteiger partial charge in [0.1, 0.15) is 0 Å². The molecule has 0 spiro atoms. The number of nitrogens with one attached hydrogen (secondary N) is 1. The van der Waals surface area contributed by atoms with E-state index in [9.17, 15) is 8.78 Å². The Morgan fingerprint density at radius 1 is 1.38 bits per heavy atom. The molecule has 0 saturated carbocycles. The number of anilines is 1. The van der Waals surface area contributed by atoms with Crippen molar-refractivity contribution in [3.8, 4) is 0 Å². The minimum absolute atomic E-state index is 0.0572. The fourth-order valence-corrected chi connectivity index (χ4v) is 1.85. The van der Waals surface area contributed by atoms with E-state index in [-0.39, 0.29) is 11.6 Å². The first-order chi connectivity index (χ1) is 7.75. The average molecular weight is 227 g/mol. The summed E-state index contributed by atoms with van der Waals surface area (Å²) >= 11 is 0. The van der Waals surface area contributed by atoms with E-state index in [1.165, 1.54) is 12.1 Å². The average Bonchev–Trinajstić information content (AvgIpc) is 2.30. The fourth-order valence-electron chi connectivity index (χ4n) is 1.85. The lowest BCUT2D eigenvalue weighted by molar-refractivity contribution is 0.0876. The first kappa shape index (κ1) is 11.3. The SMILES string of the molecule is FC(F)c1cccc(NC2CCCOC2)c1. The predicted molar refractivity (Wildman–Crippen MR) is 58.9 cm³/mol. The molecule has 88 valence electrons. The van der Waals surface area contributed by atoms with Crippen LogP contribution in [0.15, 0.2) is 24.3 Å². The van der Waals surface area contributed by atoms with E-state index in [1.807, 2.05) is 0 Å². The van der Waals surface area contributed by atoms with Gasteiger partial charge in [0.2, 0.25) is 0 Å². The number of hydrogen-bond acceptors (Lipinski definition) is 2. The molecule has 0 amide bonds. The number of rotatable bonds is 3. The molecule has 1 N–H and O–H groups in total. The van der Waals surface area contributed by atoms with Crippen LogP contribution in [0.5, 0.6) is 0 Å². The van der Waals surface area contributed by atoms with Gasteiger partial charge in [-0.05, 0) is 25.0 Å². The standard InChI is InChI=1S/C12H15F2NO/c13-12(14)9-3-1-4-10(7-9)15-11-5-2-6-16-8-11/h1,3-4,7,11-12,15H,2,5-6,8H2. The summed E-state index contributed by atoms with van der Waals surface area (Å²) in [5.74, 6) is 0. The monoisotopic (exact) mass is 227 g/mol. The van der Waals surface area contributed by atoms with Gasteiger partial charge >= 0.3 is 0 Å². The van der Waals surface area contributed by atoms with Gasteiger partial charge in [-0.3, -0.25) is 0 Å². The number of ether oxygens (including phenoxy) is 1. The topological polar surface area (TPSA) is 21.3 Å². The van der Waals surface area contributed by atoms with E-state index in [0.717, 1.165) is 25.1 Å². The highest BCUT2D eigenvalue weighted by molar-refractivity contribution is 5.46. The summed E-state index contributed by atoms with van der Waals surface area (Å²) in [6, 6.07) is 6.63. The van der Waals surface area contributed by atoms with Crippen molar-refractivity contribution in [1.29, 1.82) is 0 Å². The second-order valence-electron chi connectivity index (χ2n) is 3.98. The van der Waals surface area contributed by atoms with Gasteiger partial charge in [0.15, 0.2) is 0 Å². The normalized spacial score (nSPS) is 21.1. The molecule has 1 aliphatic heterocycles. The van der Waals surface area contributed by atoms with E-state index in [1.54, 1.807) is 12.1 Å². The molecule has 1 unspecified atom stereocenters. The summed E-state index contributed by atoms with van der Waals surface area (Å²) in [6.07, 6.45) is -0.366. The number of halogens is 2. The minimum atomic E-state index is -2.41. The molecule has 1 fully saturated rings. The van der Waals surface area contributed by atoms with Crippen LogP contribution in [0.2, 0.25) is 0 Å². The number of hydrogen-bond donors (Lipinski definition) is 1. The van der Waals surface area contributed by atoms with Crippen LogP contribution in [-0.2, 0) is 4.74 Å². The highest BCUT2D eigenvalue weighted by Crippen LogP contribution is 2.22. The van der Waals surface area contributed by atoms with Crippen molar-refractivity contribution < 1.29 is 13.5 Å². The fraction of sp³-hybridized carbons (Fsp3) is 0.500. The Hall–Kier alpha value is -1.16. The molecule has 0 bridgehead atoms. The van der Waals surface area contributed by atoms with Crippen molar-refractivity contribution in [1.82, 2.24) is 0 Å². The van der Waals surface area contributed by atoms with Gasteiger partial charge < -0.3 is 10.1 Å². The minimum Gasteiger partial charge on any atom is -0.380 e. The van der Waals surface area contributed by atoms with E-state index >= 15 is 0 Å². The van der Waals surface area contributed by atoms with Crippen LogP contribution >= 0.6 is 0 Å². The Bertz CT molecular complexity index is 338. The van der Waals surface area contributed by atoms with Crippen molar-refractivity contribution in [3.63, 3.8) is 0 Å². The van der Waals surface area contributed by atoms with Crippen LogP contribution < -0.4 is 5.32 Å². The van der Waals surface area contributed by atoms with Gasteiger partial charge in [-0.2, -0.15) is 0 Å². The Kier molecular flexibility index (Phi) is 3.72. The maximum atomic E-state index is 12.5. The molecular formula is C12H15F2NO. The first-order valence-corrected chi connectivity index (χ1v) is 5.48. The molecule has 1 aliphatic rings. The van der Waals surface area contributed by atoms with Gasteiger partial charge in [0, 0.05) is 23.9 Å². The summed E-state index contributed by atoms with van der Waals surface area (Å²) in [7, 11) is 0. The zero-order valence-electron chi connectivity index (χ0n) is 8.96. The van der Waals surface area contributed by atoms with E-state index in [0.29, 0.717) is 6.61 Å². The van der Waals surface area contributed by atoms with E-state index in [4.69, 9.17) is 4.74 Å². The summed E-state index contributed by atoms with van der Waals surface area (Å²) in [6.45, 7) is 1.45. The molecule has 4 heteroatoms. The van der Waals surface area contributed by atoms with Gasteiger partial charge in [-0.1, -0.05) is 12.1 Å². The second kappa shape index (κ2) is 5.25. The van der Waals surface area contributed by atoms with Crippen LogP contribution in [0.25, 0.3) is 0 Å². The maximum absolute atomic E-state index is 12.5. The largest absolute Gasteiger partial charge is 0.380 e. The third kappa shape index (κ3) is 2.92. The summed E-state index contributed by atoms with van der Waals surface area (Å²) in [5.41, 5.74) is 0.801. The zero-order chi connectivity index (χ0) is 11.4. The lowest BCUT2D eigenvalue weighted by Gasteiger charge is -2.24. The zero-order valence-corrected chi connectivity index (χ0v) is 8.96. The lowest BCUT2D eigenvalue weighted by Crippen LogP contribution is -2.29. The van der Waals surface area contributed by atoms with Gasteiger partial charge in [-0.15, -0.1) is 0 Å². The van der Waals surface area contributed by atoms with Crippen molar-refractivity contribution in [2.75, 3.05) is 18.5 Å². The van der Waals surface area contributed by atoms with Crippen LogP contribution in [0, 0.1) is 0 Å². The molecule has 1 aromatic rings. The number of benzene rings is 1. The molecule has 0 radical (unpaired) electrons. The molecule has 1 saturated heterocycles. The smallest absolute Gasteiger partial charge is 0.263 e. The van der Waals surface area contributed by atoms with Crippen LogP contribution in [0.1, 0.15) is 24.8 Å². The maximum Gasteiger partial charge on any atom is 0.263 e. The summed E-state index contributed by atoms with van der Waals surface area (Å²) in [4.78, 5) is 0. The Morgan fingerprint density at radius 2 is 2.25 bits per heavy atom. The van der Waals surface area contributed by atoms with E-state index < -0.39 is 6.43 Å². The van der Waals surface area contributed by atoms with Crippen molar-refractivity contribution in [2.45, 2.75) is 25.3 Å². The highest BCUT2D eigenvalue weighted by Gasteiger charge is 2.14. The molecule has 2 rings (SSSR count). The van der Waals surface area contributed by atoms with Crippen LogP contribution in [0.3, 0.4) is 0 Å². The Balaban J connectivity index is 2.00. The predicted octanol–water partition coefficient (Wildman–Crippen LogP) is 3.22. The second-order valence-corrected chi connectivity index (χ2v) is 3.98.